The molecule has 0 saturated heterocycles. The minimum atomic E-state index is -1.00. The van der Waals surface area contributed by atoms with Gasteiger partial charge in [0.2, 0.25) is 0 Å². The Morgan fingerprint density at radius 2 is 1.95 bits per heavy atom. The van der Waals surface area contributed by atoms with Crippen LogP contribution in [-0.2, 0) is 4.79 Å². The molecular formula is C15H22N2O3S. The Balaban J connectivity index is 2.77. The molecule has 0 aliphatic rings. The number of carboxylic acid groups (broad SMARTS) is 1. The molecule has 21 heavy (non-hydrogen) atoms. The van der Waals surface area contributed by atoms with E-state index in [2.05, 4.69) is 5.32 Å². The first-order valence-corrected chi connectivity index (χ1v) is 8.25. The first kappa shape index (κ1) is 17.4. The predicted octanol–water partition coefficient (Wildman–Crippen LogP) is 2.74. The van der Waals surface area contributed by atoms with Crippen molar-refractivity contribution >= 4 is 29.4 Å². The van der Waals surface area contributed by atoms with Gasteiger partial charge in [0.05, 0.1) is 0 Å². The normalized spacial score (nSPS) is 11.8. The number of rotatable bonds is 7. The molecule has 0 spiro atoms. The van der Waals surface area contributed by atoms with E-state index in [1.807, 2.05) is 44.4 Å². The maximum atomic E-state index is 12.3. The highest BCUT2D eigenvalue weighted by Crippen LogP contribution is 2.15. The minimum absolute atomic E-state index is 0.380. The van der Waals surface area contributed by atoms with Gasteiger partial charge in [-0.25, -0.2) is 9.59 Å². The average molecular weight is 310 g/mol. The van der Waals surface area contributed by atoms with Gasteiger partial charge in [-0.1, -0.05) is 17.7 Å². The zero-order valence-electron chi connectivity index (χ0n) is 12.6. The maximum Gasteiger partial charge on any atom is 0.326 e. The minimum Gasteiger partial charge on any atom is -0.480 e. The number of carboxylic acids is 1. The van der Waals surface area contributed by atoms with Crippen LogP contribution >= 0.6 is 11.8 Å². The predicted molar refractivity (Wildman–Crippen MR) is 87.2 cm³/mol. The van der Waals surface area contributed by atoms with E-state index >= 15 is 0 Å². The molecule has 0 aliphatic heterocycles. The van der Waals surface area contributed by atoms with Crippen LogP contribution in [0.15, 0.2) is 24.3 Å². The van der Waals surface area contributed by atoms with E-state index in [-0.39, 0.29) is 6.03 Å². The largest absolute Gasteiger partial charge is 0.480 e. The summed E-state index contributed by atoms with van der Waals surface area (Å²) in [4.78, 5) is 25.0. The molecule has 0 heterocycles. The molecule has 0 aromatic heterocycles. The van der Waals surface area contributed by atoms with Gasteiger partial charge in [-0.05, 0) is 44.4 Å². The van der Waals surface area contributed by atoms with Crippen LogP contribution < -0.4 is 10.2 Å². The Kier molecular flexibility index (Phi) is 7.08. The summed E-state index contributed by atoms with van der Waals surface area (Å²) < 4.78 is 0. The number of anilines is 1. The van der Waals surface area contributed by atoms with Crippen LogP contribution in [0.25, 0.3) is 0 Å². The topological polar surface area (TPSA) is 69.6 Å². The van der Waals surface area contributed by atoms with Crippen molar-refractivity contribution in [2.75, 3.05) is 23.5 Å². The van der Waals surface area contributed by atoms with Gasteiger partial charge in [0.15, 0.2) is 0 Å². The number of carbonyl (C=O) groups excluding carboxylic acids is 1. The Bertz CT molecular complexity index is 476. The lowest BCUT2D eigenvalue weighted by atomic mass is 10.2. The van der Waals surface area contributed by atoms with Gasteiger partial charge in [-0.15, -0.1) is 0 Å². The molecule has 2 N–H and O–H groups in total. The lowest BCUT2D eigenvalue weighted by molar-refractivity contribution is -0.139. The number of thioether (sulfide) groups is 1. The first-order valence-electron chi connectivity index (χ1n) is 6.86. The number of nitrogens with one attached hydrogen (secondary N) is 1. The summed E-state index contributed by atoms with van der Waals surface area (Å²) in [5, 5.41) is 11.8. The molecule has 0 bridgehead atoms. The zero-order chi connectivity index (χ0) is 15.8. The lowest BCUT2D eigenvalue weighted by Crippen LogP contribution is -2.48. The van der Waals surface area contributed by atoms with E-state index in [4.69, 9.17) is 5.11 Å². The second-order valence-corrected chi connectivity index (χ2v) is 5.69. The van der Waals surface area contributed by atoms with E-state index in [9.17, 15) is 9.59 Å². The van der Waals surface area contributed by atoms with Crippen molar-refractivity contribution in [2.24, 2.45) is 0 Å². The highest BCUT2D eigenvalue weighted by Gasteiger charge is 2.22. The number of aryl methyl sites for hydroxylation is 1. The van der Waals surface area contributed by atoms with Crippen LogP contribution in [0.5, 0.6) is 0 Å². The molecule has 2 amide bonds. The van der Waals surface area contributed by atoms with Gasteiger partial charge in [0.25, 0.3) is 0 Å². The second-order valence-electron chi connectivity index (χ2n) is 4.70. The molecule has 5 nitrogen and oxygen atoms in total. The van der Waals surface area contributed by atoms with Crippen molar-refractivity contribution in [3.8, 4) is 0 Å². The van der Waals surface area contributed by atoms with Gasteiger partial charge < -0.3 is 10.4 Å². The average Bonchev–Trinajstić information content (AvgIpc) is 2.46. The first-order chi connectivity index (χ1) is 9.99. The van der Waals surface area contributed by atoms with Crippen molar-refractivity contribution in [3.63, 3.8) is 0 Å². The molecular weight excluding hydrogens is 288 g/mol. The fourth-order valence-corrected chi connectivity index (χ4v) is 2.36. The number of urea groups is 1. The fourth-order valence-electron chi connectivity index (χ4n) is 1.89. The summed E-state index contributed by atoms with van der Waals surface area (Å²) in [6.07, 6.45) is 2.32. The van der Waals surface area contributed by atoms with E-state index in [1.165, 1.54) is 4.90 Å². The Morgan fingerprint density at radius 3 is 2.43 bits per heavy atom. The number of amides is 2. The second kappa shape index (κ2) is 8.56. The summed E-state index contributed by atoms with van der Waals surface area (Å²) >= 11 is 1.56. The van der Waals surface area contributed by atoms with E-state index in [0.717, 1.165) is 11.3 Å². The maximum absolute atomic E-state index is 12.3. The molecule has 0 unspecified atom stereocenters. The van der Waals surface area contributed by atoms with Crippen molar-refractivity contribution in [1.29, 1.82) is 0 Å². The molecule has 6 heteroatoms. The summed E-state index contributed by atoms with van der Waals surface area (Å²) in [5.74, 6) is -0.314. The Morgan fingerprint density at radius 1 is 1.33 bits per heavy atom. The van der Waals surface area contributed by atoms with E-state index in [0.29, 0.717) is 18.7 Å². The Hall–Kier alpha value is -1.69. The summed E-state index contributed by atoms with van der Waals surface area (Å²) in [6.45, 7) is 4.31. The quantitative estimate of drug-likeness (QED) is 0.812. The van der Waals surface area contributed by atoms with Crippen molar-refractivity contribution in [3.05, 3.63) is 29.8 Å². The molecule has 0 radical (unpaired) electrons. The standard InChI is InChI=1S/C15H22N2O3S/c1-4-17(12-7-5-11(2)6-8-12)15(20)16-13(14(18)19)9-10-21-3/h5-8,13H,4,9-10H2,1-3H3,(H,16,20)(H,18,19)/t13-/m1/s1. The molecule has 1 aromatic rings. The molecule has 1 atom stereocenters. The molecule has 0 saturated carbocycles. The van der Waals surface area contributed by atoms with Crippen molar-refractivity contribution in [1.82, 2.24) is 5.32 Å². The summed E-state index contributed by atoms with van der Waals surface area (Å²) in [6, 6.07) is 6.33. The van der Waals surface area contributed by atoms with Crippen LogP contribution in [0.1, 0.15) is 18.9 Å². The van der Waals surface area contributed by atoms with Crippen molar-refractivity contribution in [2.45, 2.75) is 26.3 Å². The van der Waals surface area contributed by atoms with Gasteiger partial charge in [-0.3, -0.25) is 4.90 Å². The van der Waals surface area contributed by atoms with Gasteiger partial charge in [0.1, 0.15) is 6.04 Å². The molecule has 0 fully saturated rings. The number of aliphatic carboxylic acids is 1. The molecule has 1 rings (SSSR count). The monoisotopic (exact) mass is 310 g/mol. The third-order valence-electron chi connectivity index (χ3n) is 3.11. The molecule has 1 aromatic carbocycles. The highest BCUT2D eigenvalue weighted by molar-refractivity contribution is 7.98. The van der Waals surface area contributed by atoms with Crippen LogP contribution in [0, 0.1) is 6.92 Å². The highest BCUT2D eigenvalue weighted by atomic mass is 32.2. The van der Waals surface area contributed by atoms with Crippen LogP contribution in [0.3, 0.4) is 0 Å². The smallest absolute Gasteiger partial charge is 0.326 e. The van der Waals surface area contributed by atoms with Crippen LogP contribution in [0.2, 0.25) is 0 Å². The summed E-state index contributed by atoms with van der Waals surface area (Å²) in [5.41, 5.74) is 1.87. The number of carbonyl (C=O) groups is 2. The number of hydrogen-bond donors (Lipinski definition) is 2. The van der Waals surface area contributed by atoms with Crippen LogP contribution in [0.4, 0.5) is 10.5 Å². The van der Waals surface area contributed by atoms with Gasteiger partial charge in [-0.2, -0.15) is 11.8 Å². The molecule has 116 valence electrons. The fraction of sp³-hybridized carbons (Fsp3) is 0.467. The van der Waals surface area contributed by atoms with Gasteiger partial charge in [0, 0.05) is 12.2 Å². The number of nitrogens with zero attached hydrogens (tertiary/aromatic N) is 1. The van der Waals surface area contributed by atoms with E-state index < -0.39 is 12.0 Å². The SMILES string of the molecule is CCN(C(=O)N[C@H](CCSC)C(=O)O)c1ccc(C)cc1. The van der Waals surface area contributed by atoms with Crippen molar-refractivity contribution < 1.29 is 14.7 Å². The zero-order valence-corrected chi connectivity index (χ0v) is 13.4. The number of benzene rings is 1. The van der Waals surface area contributed by atoms with Gasteiger partial charge >= 0.3 is 12.0 Å². The third kappa shape index (κ3) is 5.30. The third-order valence-corrected chi connectivity index (χ3v) is 3.76. The Labute approximate surface area is 129 Å². The molecule has 0 aliphatic carbocycles. The lowest BCUT2D eigenvalue weighted by Gasteiger charge is -2.24. The van der Waals surface area contributed by atoms with E-state index in [1.54, 1.807) is 11.8 Å². The summed E-state index contributed by atoms with van der Waals surface area (Å²) in [7, 11) is 0. The van der Waals surface area contributed by atoms with Crippen LogP contribution in [-0.4, -0.2) is 41.7 Å². The number of hydrogen-bond acceptors (Lipinski definition) is 3.